The van der Waals surface area contributed by atoms with E-state index in [1.165, 1.54) is 7.11 Å². The van der Waals surface area contributed by atoms with Gasteiger partial charge in [0.1, 0.15) is 11.9 Å². The van der Waals surface area contributed by atoms with Crippen molar-refractivity contribution in [2.75, 3.05) is 20.2 Å². The Balaban J connectivity index is 0.00000103. The summed E-state index contributed by atoms with van der Waals surface area (Å²) in [5, 5.41) is 26.6. The van der Waals surface area contributed by atoms with Gasteiger partial charge in [0.25, 0.3) is 6.47 Å². The monoisotopic (exact) mass is 471 g/mol. The fourth-order valence-electron chi connectivity index (χ4n) is 4.74. The van der Waals surface area contributed by atoms with Crippen LogP contribution < -0.4 is 4.74 Å². The summed E-state index contributed by atoms with van der Waals surface area (Å²) in [6.45, 7) is 2.34. The Bertz CT molecular complexity index is 993. The number of hydrogen-bond donors (Lipinski definition) is 3. The van der Waals surface area contributed by atoms with Gasteiger partial charge in [0.05, 0.1) is 24.3 Å². The minimum atomic E-state index is -0.920. The molecule has 2 aromatic carbocycles. The van der Waals surface area contributed by atoms with Crippen LogP contribution in [0.5, 0.6) is 5.75 Å². The number of rotatable bonds is 6. The van der Waals surface area contributed by atoms with Gasteiger partial charge in [-0.2, -0.15) is 0 Å². The molecule has 1 saturated heterocycles. The molecule has 3 N–H and O–H groups in total. The molecule has 0 spiro atoms. The van der Waals surface area contributed by atoms with Gasteiger partial charge in [-0.15, -0.1) is 0 Å². The van der Waals surface area contributed by atoms with Crippen LogP contribution >= 0.6 is 0 Å². The molecule has 2 aromatic rings. The van der Waals surface area contributed by atoms with Crippen molar-refractivity contribution in [3.05, 3.63) is 65.2 Å². The summed E-state index contributed by atoms with van der Waals surface area (Å²) in [7, 11) is 1.34. The second kappa shape index (κ2) is 11.6. The van der Waals surface area contributed by atoms with Gasteiger partial charge in [0.15, 0.2) is 0 Å². The van der Waals surface area contributed by atoms with Crippen molar-refractivity contribution >= 4 is 18.4 Å². The molecule has 2 fully saturated rings. The van der Waals surface area contributed by atoms with Crippen molar-refractivity contribution in [2.45, 2.75) is 31.6 Å². The second-order valence-corrected chi connectivity index (χ2v) is 8.54. The summed E-state index contributed by atoms with van der Waals surface area (Å²) in [6.07, 6.45) is 0.560. The Kier molecular flexibility index (Phi) is 8.61. The van der Waals surface area contributed by atoms with Crippen LogP contribution in [0.4, 0.5) is 0 Å². The van der Waals surface area contributed by atoms with Crippen LogP contribution in [-0.4, -0.2) is 71.0 Å². The molecule has 0 amide bonds. The molecular formula is C25H29NO8. The maximum atomic E-state index is 11.7. The molecule has 0 radical (unpaired) electrons. The van der Waals surface area contributed by atoms with E-state index in [2.05, 4.69) is 4.90 Å². The molecule has 9 nitrogen and oxygen atoms in total. The third-order valence-corrected chi connectivity index (χ3v) is 6.31. The van der Waals surface area contributed by atoms with E-state index in [1.807, 2.05) is 12.1 Å². The largest absolute Gasteiger partial charge is 0.488 e. The van der Waals surface area contributed by atoms with Crippen molar-refractivity contribution < 1.29 is 39.2 Å². The van der Waals surface area contributed by atoms with Gasteiger partial charge in [-0.3, -0.25) is 9.69 Å². The van der Waals surface area contributed by atoms with E-state index in [-0.39, 0.29) is 12.6 Å². The molecule has 4 rings (SSSR count). The molecule has 0 aromatic heterocycles. The Morgan fingerprint density at radius 2 is 1.71 bits per heavy atom. The number of aliphatic hydroxyl groups excluding tert-OH is 1. The molecule has 1 heterocycles. The average molecular weight is 472 g/mol. The number of methoxy groups -OCH3 is 1. The van der Waals surface area contributed by atoms with E-state index in [4.69, 9.17) is 24.5 Å². The SMILES string of the molecule is COC(=O)c1cccc(O[C@@H]2C[C@@H]3CN(Cc4ccc(C(=O)O)cc4)C[C@@H]3C[C@H]2O)c1.O=CO. The summed E-state index contributed by atoms with van der Waals surface area (Å²) in [6, 6.07) is 13.8. The molecule has 0 unspecified atom stereocenters. The first kappa shape index (κ1) is 25.2. The van der Waals surface area contributed by atoms with Gasteiger partial charge in [-0.1, -0.05) is 18.2 Å². The Morgan fingerprint density at radius 3 is 2.32 bits per heavy atom. The number of hydrogen-bond acceptors (Lipinski definition) is 7. The Hall–Kier alpha value is -3.43. The zero-order chi connectivity index (χ0) is 24.7. The number of esters is 1. The lowest BCUT2D eigenvalue weighted by Gasteiger charge is -2.35. The van der Waals surface area contributed by atoms with Crippen LogP contribution in [0.25, 0.3) is 0 Å². The number of ether oxygens (including phenoxy) is 2. The average Bonchev–Trinajstić information content (AvgIpc) is 3.20. The molecule has 1 aliphatic heterocycles. The van der Waals surface area contributed by atoms with E-state index in [0.29, 0.717) is 35.1 Å². The van der Waals surface area contributed by atoms with E-state index >= 15 is 0 Å². The maximum Gasteiger partial charge on any atom is 0.337 e. The molecule has 1 aliphatic carbocycles. The first-order valence-electron chi connectivity index (χ1n) is 11.0. The summed E-state index contributed by atoms with van der Waals surface area (Å²) in [4.78, 5) is 33.5. The van der Waals surface area contributed by atoms with Crippen LogP contribution in [-0.2, 0) is 16.1 Å². The highest BCUT2D eigenvalue weighted by molar-refractivity contribution is 5.89. The lowest BCUT2D eigenvalue weighted by Crippen LogP contribution is -2.42. The predicted octanol–water partition coefficient (Wildman–Crippen LogP) is 2.52. The van der Waals surface area contributed by atoms with Gasteiger partial charge >= 0.3 is 11.9 Å². The first-order valence-corrected chi connectivity index (χ1v) is 11.0. The predicted molar refractivity (Wildman–Crippen MR) is 122 cm³/mol. The number of likely N-dealkylation sites (tertiary alicyclic amines) is 1. The Labute approximate surface area is 197 Å². The van der Waals surface area contributed by atoms with Crippen LogP contribution in [0.3, 0.4) is 0 Å². The topological polar surface area (TPSA) is 134 Å². The molecule has 0 bridgehead atoms. The van der Waals surface area contributed by atoms with Gasteiger partial charge < -0.3 is 24.8 Å². The molecule has 34 heavy (non-hydrogen) atoms. The maximum absolute atomic E-state index is 11.7. The van der Waals surface area contributed by atoms with Crippen LogP contribution in [0, 0.1) is 11.8 Å². The summed E-state index contributed by atoms with van der Waals surface area (Å²) in [5.74, 6) is 0.0530. The minimum absolute atomic E-state index is 0.250. The van der Waals surface area contributed by atoms with E-state index < -0.39 is 18.0 Å². The standard InChI is InChI=1S/C24H27NO6.CH2O2/c1-30-24(29)17-3-2-4-20(9-17)31-22-11-19-14-25(13-18(19)10-21(22)26)12-15-5-7-16(8-6-15)23(27)28;2-1-3/h2-9,18-19,21-22,26H,10-14H2,1H3,(H,27,28);1H,(H,2,3)/t18-,19+,21+,22+;/m0./s1. The lowest BCUT2D eigenvalue weighted by molar-refractivity contribution is -0.122. The van der Waals surface area contributed by atoms with Crippen molar-refractivity contribution in [1.29, 1.82) is 0 Å². The van der Waals surface area contributed by atoms with E-state index in [9.17, 15) is 14.7 Å². The normalized spacial score (nSPS) is 23.7. The van der Waals surface area contributed by atoms with Gasteiger partial charge in [0.2, 0.25) is 0 Å². The van der Waals surface area contributed by atoms with Gasteiger partial charge in [0, 0.05) is 19.6 Å². The fourth-order valence-corrected chi connectivity index (χ4v) is 4.74. The highest BCUT2D eigenvalue weighted by Crippen LogP contribution is 2.38. The number of nitrogens with zero attached hydrogens (tertiary/aromatic N) is 1. The molecule has 2 aliphatic rings. The van der Waals surface area contributed by atoms with Crippen molar-refractivity contribution in [3.8, 4) is 5.75 Å². The zero-order valence-corrected chi connectivity index (χ0v) is 18.9. The van der Waals surface area contributed by atoms with E-state index in [1.54, 1.807) is 36.4 Å². The number of carbonyl (C=O) groups excluding carboxylic acids is 1. The Morgan fingerprint density at radius 1 is 1.06 bits per heavy atom. The van der Waals surface area contributed by atoms with E-state index in [0.717, 1.165) is 31.6 Å². The van der Waals surface area contributed by atoms with Crippen LogP contribution in [0.15, 0.2) is 48.5 Å². The smallest absolute Gasteiger partial charge is 0.337 e. The number of fused-ring (bicyclic) bond motifs is 1. The van der Waals surface area contributed by atoms with Crippen molar-refractivity contribution in [2.24, 2.45) is 11.8 Å². The zero-order valence-electron chi connectivity index (χ0n) is 18.9. The van der Waals surface area contributed by atoms with Gasteiger partial charge in [-0.05, 0) is 60.6 Å². The van der Waals surface area contributed by atoms with Crippen molar-refractivity contribution in [1.82, 2.24) is 4.90 Å². The number of carboxylic acids is 1. The third-order valence-electron chi connectivity index (χ3n) is 6.31. The van der Waals surface area contributed by atoms with Crippen LogP contribution in [0.1, 0.15) is 39.1 Å². The first-order chi connectivity index (χ1) is 16.3. The molecule has 1 saturated carbocycles. The molecule has 9 heteroatoms. The third kappa shape index (κ3) is 6.33. The van der Waals surface area contributed by atoms with Crippen LogP contribution in [0.2, 0.25) is 0 Å². The summed E-state index contributed by atoms with van der Waals surface area (Å²) in [5.41, 5.74) is 1.79. The van der Waals surface area contributed by atoms with Crippen molar-refractivity contribution in [3.63, 3.8) is 0 Å². The quantitative estimate of drug-likeness (QED) is 0.429. The highest BCUT2D eigenvalue weighted by Gasteiger charge is 2.42. The molecular weight excluding hydrogens is 442 g/mol. The fraction of sp³-hybridized carbons (Fsp3) is 0.400. The number of carboxylic acid groups (broad SMARTS) is 2. The number of aliphatic hydroxyl groups is 1. The summed E-state index contributed by atoms with van der Waals surface area (Å²) >= 11 is 0. The number of carbonyl (C=O) groups is 3. The summed E-state index contributed by atoms with van der Waals surface area (Å²) < 4.78 is 10.8. The van der Waals surface area contributed by atoms with Gasteiger partial charge in [-0.25, -0.2) is 9.59 Å². The number of benzene rings is 2. The lowest BCUT2D eigenvalue weighted by atomic mass is 9.78. The second-order valence-electron chi connectivity index (χ2n) is 8.54. The minimum Gasteiger partial charge on any atom is -0.488 e. The highest BCUT2D eigenvalue weighted by atomic mass is 16.5. The molecule has 4 atom stereocenters. The number of aromatic carboxylic acids is 1. The molecule has 182 valence electrons.